The van der Waals surface area contributed by atoms with Crippen LogP contribution in [-0.4, -0.2) is 17.6 Å². The Kier molecular flexibility index (Phi) is 1.82. The summed E-state index contributed by atoms with van der Waals surface area (Å²) in [6.45, 7) is 2.39. The Balaban J connectivity index is 2.00. The van der Waals surface area contributed by atoms with Crippen molar-refractivity contribution in [2.45, 2.75) is 19.8 Å². The number of aromatic nitrogens is 1. The molecule has 18 heavy (non-hydrogen) atoms. The van der Waals surface area contributed by atoms with Crippen molar-refractivity contribution >= 4 is 16.7 Å². The molecule has 1 unspecified atom stereocenters. The molecule has 0 saturated carbocycles. The summed E-state index contributed by atoms with van der Waals surface area (Å²) in [7, 11) is 0. The van der Waals surface area contributed by atoms with Gasteiger partial charge in [-0.2, -0.15) is 0 Å². The van der Waals surface area contributed by atoms with Crippen molar-refractivity contribution in [3.8, 4) is 11.5 Å². The lowest BCUT2D eigenvalue weighted by Gasteiger charge is -2.16. The molecule has 4 nitrogen and oxygen atoms in total. The monoisotopic (exact) mass is 243 g/mol. The van der Waals surface area contributed by atoms with Gasteiger partial charge in [0.05, 0.1) is 11.2 Å². The first-order valence-electron chi connectivity index (χ1n) is 6.20. The number of rotatable bonds is 0. The van der Waals surface area contributed by atoms with Crippen LogP contribution in [0.5, 0.6) is 11.5 Å². The van der Waals surface area contributed by atoms with Crippen LogP contribution < -0.4 is 9.47 Å². The highest BCUT2D eigenvalue weighted by molar-refractivity contribution is 6.04. The molecule has 1 N–H and O–H groups in total. The molecule has 2 aromatic rings. The number of aromatic amines is 1. The van der Waals surface area contributed by atoms with Crippen LogP contribution in [0.25, 0.3) is 10.9 Å². The molecule has 92 valence electrons. The number of hydrogen-bond acceptors (Lipinski definition) is 3. The van der Waals surface area contributed by atoms with Gasteiger partial charge in [-0.1, -0.05) is 6.92 Å². The summed E-state index contributed by atoms with van der Waals surface area (Å²) in [4.78, 5) is 15.3. The molecule has 0 amide bonds. The molecule has 4 heteroatoms. The summed E-state index contributed by atoms with van der Waals surface area (Å²) >= 11 is 0. The van der Waals surface area contributed by atoms with Crippen LogP contribution in [0.4, 0.5) is 0 Å². The molecule has 0 bridgehead atoms. The summed E-state index contributed by atoms with van der Waals surface area (Å²) in [5.74, 6) is 2.15. The average molecular weight is 243 g/mol. The number of carbonyl (C=O) groups is 1. The van der Waals surface area contributed by atoms with Crippen LogP contribution >= 0.6 is 0 Å². The fourth-order valence-corrected chi connectivity index (χ4v) is 2.93. The van der Waals surface area contributed by atoms with Gasteiger partial charge in [0.1, 0.15) is 0 Å². The van der Waals surface area contributed by atoms with Crippen molar-refractivity contribution in [3.05, 3.63) is 23.4 Å². The Morgan fingerprint density at radius 2 is 2.00 bits per heavy atom. The lowest BCUT2D eigenvalue weighted by Crippen LogP contribution is -2.17. The molecule has 0 spiro atoms. The Morgan fingerprint density at radius 1 is 1.22 bits per heavy atom. The smallest absolute Gasteiger partial charge is 0.231 e. The molecule has 1 aliphatic carbocycles. The van der Waals surface area contributed by atoms with Crippen LogP contribution in [0.3, 0.4) is 0 Å². The zero-order valence-electron chi connectivity index (χ0n) is 10.1. The fourth-order valence-electron chi connectivity index (χ4n) is 2.93. The van der Waals surface area contributed by atoms with E-state index in [4.69, 9.17) is 9.47 Å². The van der Waals surface area contributed by atoms with Gasteiger partial charge >= 0.3 is 0 Å². The highest BCUT2D eigenvalue weighted by atomic mass is 16.7. The predicted molar refractivity (Wildman–Crippen MR) is 66.2 cm³/mol. The largest absolute Gasteiger partial charge is 0.454 e. The third-order valence-electron chi connectivity index (χ3n) is 3.76. The highest BCUT2D eigenvalue weighted by Gasteiger charge is 2.27. The van der Waals surface area contributed by atoms with E-state index in [-0.39, 0.29) is 12.6 Å². The maximum Gasteiger partial charge on any atom is 0.231 e. The molecule has 0 fully saturated rings. The quantitative estimate of drug-likeness (QED) is 0.773. The van der Waals surface area contributed by atoms with E-state index in [9.17, 15) is 4.79 Å². The molecular formula is C14H13NO3. The second kappa shape index (κ2) is 3.28. The summed E-state index contributed by atoms with van der Waals surface area (Å²) in [6, 6.07) is 3.91. The van der Waals surface area contributed by atoms with Gasteiger partial charge in [-0.25, -0.2) is 0 Å². The minimum Gasteiger partial charge on any atom is -0.454 e. The SMILES string of the molecule is CC1CC(=O)c2[nH]c3cc4c(cc3c2C1)OCO4. The Bertz CT molecular complexity index is 671. The topological polar surface area (TPSA) is 51.3 Å². The number of ketones is 1. The molecule has 1 aliphatic heterocycles. The third-order valence-corrected chi connectivity index (χ3v) is 3.76. The number of fused-ring (bicyclic) bond motifs is 4. The summed E-state index contributed by atoms with van der Waals surface area (Å²) in [5, 5.41) is 1.09. The molecule has 2 heterocycles. The van der Waals surface area contributed by atoms with Crippen LogP contribution in [0.2, 0.25) is 0 Å². The van der Waals surface area contributed by atoms with Gasteiger partial charge in [-0.15, -0.1) is 0 Å². The number of nitrogens with one attached hydrogen (secondary N) is 1. The Morgan fingerprint density at radius 3 is 2.83 bits per heavy atom. The Hall–Kier alpha value is -1.97. The second-order valence-electron chi connectivity index (χ2n) is 5.17. The normalized spacial score (nSPS) is 21.4. The van der Waals surface area contributed by atoms with Crippen molar-refractivity contribution in [3.63, 3.8) is 0 Å². The molecule has 1 aromatic carbocycles. The van der Waals surface area contributed by atoms with E-state index in [2.05, 4.69) is 11.9 Å². The molecule has 1 atom stereocenters. The number of H-pyrrole nitrogens is 1. The number of carbonyl (C=O) groups excluding carboxylic acids is 1. The maximum atomic E-state index is 12.0. The zero-order valence-corrected chi connectivity index (χ0v) is 10.1. The van der Waals surface area contributed by atoms with E-state index < -0.39 is 0 Å². The molecule has 0 radical (unpaired) electrons. The van der Waals surface area contributed by atoms with Crippen LogP contribution in [0, 0.1) is 5.92 Å². The zero-order chi connectivity index (χ0) is 12.3. The van der Waals surface area contributed by atoms with Crippen molar-refractivity contribution in [1.82, 2.24) is 4.98 Å². The number of hydrogen-bond donors (Lipinski definition) is 1. The van der Waals surface area contributed by atoms with Gasteiger partial charge in [0.25, 0.3) is 0 Å². The van der Waals surface area contributed by atoms with Gasteiger partial charge in [0.2, 0.25) is 6.79 Å². The van der Waals surface area contributed by atoms with Gasteiger partial charge in [0.15, 0.2) is 17.3 Å². The first kappa shape index (κ1) is 10.00. The van der Waals surface area contributed by atoms with Crippen LogP contribution in [-0.2, 0) is 6.42 Å². The van der Waals surface area contributed by atoms with E-state index >= 15 is 0 Å². The number of ether oxygens (including phenoxy) is 2. The van der Waals surface area contributed by atoms with E-state index in [0.29, 0.717) is 12.3 Å². The van der Waals surface area contributed by atoms with Gasteiger partial charge in [-0.05, 0) is 24.0 Å². The predicted octanol–water partition coefficient (Wildman–Crippen LogP) is 2.66. The highest BCUT2D eigenvalue weighted by Crippen LogP contribution is 2.40. The molecule has 4 rings (SSSR count). The van der Waals surface area contributed by atoms with E-state index in [0.717, 1.165) is 40.1 Å². The van der Waals surface area contributed by atoms with Gasteiger partial charge in [0, 0.05) is 17.9 Å². The van der Waals surface area contributed by atoms with Crippen LogP contribution in [0.15, 0.2) is 12.1 Å². The van der Waals surface area contributed by atoms with Crippen molar-refractivity contribution in [2.24, 2.45) is 5.92 Å². The average Bonchev–Trinajstić information content (AvgIpc) is 2.90. The number of benzene rings is 1. The Labute approximate surface area is 104 Å². The minimum absolute atomic E-state index is 0.210. The van der Waals surface area contributed by atoms with Gasteiger partial charge in [-0.3, -0.25) is 4.79 Å². The van der Waals surface area contributed by atoms with Crippen molar-refractivity contribution < 1.29 is 14.3 Å². The number of Topliss-reactive ketones (excluding diaryl/α,β-unsaturated/α-hetero) is 1. The van der Waals surface area contributed by atoms with E-state index in [1.807, 2.05) is 12.1 Å². The third kappa shape index (κ3) is 1.23. The lowest BCUT2D eigenvalue weighted by molar-refractivity contribution is 0.0949. The van der Waals surface area contributed by atoms with Gasteiger partial charge < -0.3 is 14.5 Å². The van der Waals surface area contributed by atoms with E-state index in [1.54, 1.807) is 0 Å². The fraction of sp³-hybridized carbons (Fsp3) is 0.357. The standard InChI is InChI=1S/C14H13NO3/c1-7-2-9-8-4-12-13(18-6-17-12)5-10(8)15-14(9)11(16)3-7/h4-5,7,15H,2-3,6H2,1H3. The first-order chi connectivity index (χ1) is 8.72. The molecular weight excluding hydrogens is 230 g/mol. The lowest BCUT2D eigenvalue weighted by atomic mass is 9.87. The van der Waals surface area contributed by atoms with Crippen LogP contribution in [0.1, 0.15) is 29.4 Å². The summed E-state index contributed by atoms with van der Waals surface area (Å²) < 4.78 is 10.8. The van der Waals surface area contributed by atoms with Crippen molar-refractivity contribution in [2.75, 3.05) is 6.79 Å². The summed E-state index contributed by atoms with van der Waals surface area (Å²) in [6.07, 6.45) is 1.58. The van der Waals surface area contributed by atoms with E-state index in [1.165, 1.54) is 0 Å². The molecule has 2 aliphatic rings. The van der Waals surface area contributed by atoms with Crippen molar-refractivity contribution in [1.29, 1.82) is 0 Å². The molecule has 0 saturated heterocycles. The minimum atomic E-state index is 0.210. The molecule has 1 aromatic heterocycles. The maximum absolute atomic E-state index is 12.0. The summed E-state index contributed by atoms with van der Waals surface area (Å²) in [5.41, 5.74) is 2.87. The first-order valence-corrected chi connectivity index (χ1v) is 6.20. The second-order valence-corrected chi connectivity index (χ2v) is 5.17.